The maximum atomic E-state index is 4.36. The van der Waals surface area contributed by atoms with E-state index in [2.05, 4.69) is 65.8 Å². The summed E-state index contributed by atoms with van der Waals surface area (Å²) in [5, 5.41) is 16.8. The van der Waals surface area contributed by atoms with Gasteiger partial charge in [-0.1, -0.05) is 24.6 Å². The van der Waals surface area contributed by atoms with Crippen molar-refractivity contribution in [3.8, 4) is 0 Å². The van der Waals surface area contributed by atoms with Gasteiger partial charge in [-0.05, 0) is 30.9 Å². The molecule has 7 heteroatoms. The average molecular weight is 365 g/mol. The first kappa shape index (κ1) is 17.6. The highest BCUT2D eigenvalue weighted by molar-refractivity contribution is 5.83. The van der Waals surface area contributed by atoms with Crippen LogP contribution in [-0.4, -0.2) is 39.3 Å². The lowest BCUT2D eigenvalue weighted by molar-refractivity contribution is 0.596. The van der Waals surface area contributed by atoms with Crippen molar-refractivity contribution in [2.75, 3.05) is 13.6 Å². The number of nitrogens with one attached hydrogen (secondary N) is 3. The molecule has 142 valence electrons. The maximum absolute atomic E-state index is 4.36. The fourth-order valence-electron chi connectivity index (χ4n) is 3.71. The Morgan fingerprint density at radius 3 is 3.04 bits per heavy atom. The van der Waals surface area contributed by atoms with E-state index >= 15 is 0 Å². The molecule has 0 bridgehead atoms. The monoisotopic (exact) mass is 365 g/mol. The first-order valence-electron chi connectivity index (χ1n) is 9.75. The van der Waals surface area contributed by atoms with Gasteiger partial charge in [0.2, 0.25) is 0 Å². The number of aromatic amines is 1. The second-order valence-corrected chi connectivity index (χ2v) is 6.96. The van der Waals surface area contributed by atoms with Crippen LogP contribution in [0.15, 0.2) is 35.5 Å². The van der Waals surface area contributed by atoms with E-state index in [0.717, 1.165) is 43.5 Å². The number of H-pyrrole nitrogens is 1. The Labute approximate surface area is 159 Å². The van der Waals surface area contributed by atoms with Crippen molar-refractivity contribution in [2.45, 2.75) is 45.2 Å². The minimum absolute atomic E-state index is 0.639. The third kappa shape index (κ3) is 3.97. The zero-order chi connectivity index (χ0) is 18.5. The van der Waals surface area contributed by atoms with Crippen molar-refractivity contribution in [1.82, 2.24) is 30.4 Å². The first-order valence-corrected chi connectivity index (χ1v) is 9.75. The zero-order valence-electron chi connectivity index (χ0n) is 15.8. The van der Waals surface area contributed by atoms with Crippen LogP contribution in [0.2, 0.25) is 0 Å². The summed E-state index contributed by atoms with van der Waals surface area (Å²) in [5.41, 5.74) is 2.50. The van der Waals surface area contributed by atoms with Crippen LogP contribution in [0.5, 0.6) is 0 Å². The number of aliphatic imine (C=N–C) groups is 1. The number of nitrogens with zero attached hydrogens (tertiary/aromatic N) is 4. The molecule has 3 N–H and O–H groups in total. The third-order valence-electron chi connectivity index (χ3n) is 5.19. The summed E-state index contributed by atoms with van der Waals surface area (Å²) in [4.78, 5) is 7.65. The number of aromatic nitrogens is 4. The lowest BCUT2D eigenvalue weighted by Gasteiger charge is -2.12. The van der Waals surface area contributed by atoms with Gasteiger partial charge in [-0.25, -0.2) is 0 Å². The van der Waals surface area contributed by atoms with E-state index < -0.39 is 0 Å². The number of rotatable bonds is 5. The van der Waals surface area contributed by atoms with E-state index in [1.165, 1.54) is 35.7 Å². The van der Waals surface area contributed by atoms with Crippen molar-refractivity contribution in [2.24, 2.45) is 4.99 Å². The Balaban J connectivity index is 1.31. The van der Waals surface area contributed by atoms with Gasteiger partial charge in [0.05, 0.1) is 6.54 Å². The fraction of sp³-hybridized carbons (Fsp3) is 0.450. The Bertz CT molecular complexity index is 921. The molecule has 0 amide bonds. The second-order valence-electron chi connectivity index (χ2n) is 6.96. The van der Waals surface area contributed by atoms with E-state index in [4.69, 9.17) is 0 Å². The van der Waals surface area contributed by atoms with Crippen LogP contribution in [0.1, 0.15) is 36.5 Å². The van der Waals surface area contributed by atoms with Gasteiger partial charge in [-0.2, -0.15) is 0 Å². The Morgan fingerprint density at radius 1 is 1.19 bits per heavy atom. The van der Waals surface area contributed by atoms with Crippen molar-refractivity contribution in [3.05, 3.63) is 47.7 Å². The molecule has 0 saturated heterocycles. The molecule has 2 aromatic heterocycles. The Morgan fingerprint density at radius 2 is 2.11 bits per heavy atom. The van der Waals surface area contributed by atoms with Gasteiger partial charge in [-0.3, -0.25) is 4.99 Å². The molecule has 1 aliphatic rings. The molecule has 0 radical (unpaired) electrons. The van der Waals surface area contributed by atoms with Gasteiger partial charge in [0.1, 0.15) is 5.82 Å². The summed E-state index contributed by atoms with van der Waals surface area (Å²) in [6.07, 6.45) is 7.75. The summed E-state index contributed by atoms with van der Waals surface area (Å²) < 4.78 is 2.26. The highest BCUT2D eigenvalue weighted by Gasteiger charge is 2.14. The zero-order valence-corrected chi connectivity index (χ0v) is 15.8. The number of para-hydroxylation sites is 1. The van der Waals surface area contributed by atoms with Crippen molar-refractivity contribution < 1.29 is 0 Å². The summed E-state index contributed by atoms with van der Waals surface area (Å²) in [5.74, 6) is 2.90. The van der Waals surface area contributed by atoms with Crippen LogP contribution in [0, 0.1) is 0 Å². The van der Waals surface area contributed by atoms with Crippen LogP contribution >= 0.6 is 0 Å². The fourth-order valence-corrected chi connectivity index (χ4v) is 3.71. The number of benzene rings is 1. The SMILES string of the molecule is CN=C(NCCc1c[nH]c2ccccc12)NCc1nnc2n1CCCCC2. The van der Waals surface area contributed by atoms with Gasteiger partial charge >= 0.3 is 0 Å². The molecule has 4 rings (SSSR count). The molecule has 3 aromatic rings. The van der Waals surface area contributed by atoms with Crippen molar-refractivity contribution in [3.63, 3.8) is 0 Å². The smallest absolute Gasteiger partial charge is 0.191 e. The van der Waals surface area contributed by atoms with Crippen LogP contribution in [0.4, 0.5) is 0 Å². The predicted molar refractivity (Wildman–Crippen MR) is 108 cm³/mol. The van der Waals surface area contributed by atoms with E-state index in [1.807, 2.05) is 0 Å². The van der Waals surface area contributed by atoms with Gasteiger partial charge in [0.15, 0.2) is 11.8 Å². The number of fused-ring (bicyclic) bond motifs is 2. The molecule has 3 heterocycles. The molecule has 0 atom stereocenters. The van der Waals surface area contributed by atoms with E-state index in [1.54, 1.807) is 7.05 Å². The lowest BCUT2D eigenvalue weighted by Crippen LogP contribution is -2.38. The highest BCUT2D eigenvalue weighted by atomic mass is 15.3. The summed E-state index contributed by atoms with van der Waals surface area (Å²) in [6.45, 7) is 2.48. The van der Waals surface area contributed by atoms with Gasteiger partial charge in [0.25, 0.3) is 0 Å². The summed E-state index contributed by atoms with van der Waals surface area (Å²) in [6, 6.07) is 8.40. The van der Waals surface area contributed by atoms with Crippen LogP contribution in [-0.2, 0) is 25.9 Å². The van der Waals surface area contributed by atoms with Crippen molar-refractivity contribution >= 4 is 16.9 Å². The molecule has 1 aliphatic heterocycles. The molecule has 0 saturated carbocycles. The van der Waals surface area contributed by atoms with Crippen LogP contribution in [0.25, 0.3) is 10.9 Å². The molecule has 0 aliphatic carbocycles. The predicted octanol–water partition coefficient (Wildman–Crippen LogP) is 2.39. The maximum Gasteiger partial charge on any atom is 0.191 e. The number of hydrogen-bond donors (Lipinski definition) is 3. The van der Waals surface area contributed by atoms with Gasteiger partial charge < -0.3 is 20.2 Å². The van der Waals surface area contributed by atoms with E-state index in [-0.39, 0.29) is 0 Å². The normalized spacial score (nSPS) is 14.8. The highest BCUT2D eigenvalue weighted by Crippen LogP contribution is 2.17. The average Bonchev–Trinajstić information content (AvgIpc) is 3.21. The summed E-state index contributed by atoms with van der Waals surface area (Å²) in [7, 11) is 1.80. The number of hydrogen-bond acceptors (Lipinski definition) is 3. The minimum atomic E-state index is 0.639. The van der Waals surface area contributed by atoms with Crippen molar-refractivity contribution in [1.29, 1.82) is 0 Å². The van der Waals surface area contributed by atoms with Gasteiger partial charge in [-0.15, -0.1) is 10.2 Å². The van der Waals surface area contributed by atoms with Crippen LogP contribution in [0.3, 0.4) is 0 Å². The number of aryl methyl sites for hydroxylation is 1. The summed E-state index contributed by atoms with van der Waals surface area (Å²) >= 11 is 0. The Hall–Kier alpha value is -2.83. The second kappa shape index (κ2) is 8.24. The quantitative estimate of drug-likeness (QED) is 0.479. The van der Waals surface area contributed by atoms with E-state index in [0.29, 0.717) is 6.54 Å². The molecule has 7 nitrogen and oxygen atoms in total. The third-order valence-corrected chi connectivity index (χ3v) is 5.19. The molecule has 1 aromatic carbocycles. The Kier molecular flexibility index (Phi) is 5.37. The standard InChI is InChI=1S/C20H27N7/c1-21-20(22-11-10-15-13-23-17-8-5-4-7-16(15)17)24-14-19-26-25-18-9-3-2-6-12-27(18)19/h4-5,7-8,13,23H,2-3,6,9-12,14H2,1H3,(H2,21,22,24). The first-order chi connectivity index (χ1) is 13.3. The molecule has 0 spiro atoms. The topological polar surface area (TPSA) is 82.9 Å². The molecule has 0 unspecified atom stereocenters. The van der Waals surface area contributed by atoms with E-state index in [9.17, 15) is 0 Å². The van der Waals surface area contributed by atoms with Crippen LogP contribution < -0.4 is 10.6 Å². The molecule has 0 fully saturated rings. The van der Waals surface area contributed by atoms with Gasteiger partial charge in [0, 0.05) is 43.7 Å². The molecule has 27 heavy (non-hydrogen) atoms. The minimum Gasteiger partial charge on any atom is -0.361 e. The molecular weight excluding hydrogens is 338 g/mol. The largest absolute Gasteiger partial charge is 0.361 e. The number of guanidine groups is 1. The molecular formula is C20H27N7. The lowest BCUT2D eigenvalue weighted by atomic mass is 10.1.